The van der Waals surface area contributed by atoms with E-state index in [2.05, 4.69) is 12.2 Å². The first-order chi connectivity index (χ1) is 9.08. The number of aliphatic carboxylic acids is 1. The Kier molecular flexibility index (Phi) is 5.18. The lowest BCUT2D eigenvalue weighted by Crippen LogP contribution is -2.56. The van der Waals surface area contributed by atoms with Gasteiger partial charge < -0.3 is 10.4 Å². The average Bonchev–Trinajstić information content (AvgIpc) is 3.19. The number of hydrogen-bond acceptors (Lipinski definition) is 3. The van der Waals surface area contributed by atoms with Crippen molar-refractivity contribution in [3.63, 3.8) is 0 Å². The predicted octanol–water partition coefficient (Wildman–Crippen LogP) is 3.14. The van der Waals surface area contributed by atoms with Gasteiger partial charge in [0.05, 0.1) is 0 Å². The zero-order valence-electron chi connectivity index (χ0n) is 12.2. The second-order valence-electron chi connectivity index (χ2n) is 6.29. The number of nitrogens with one attached hydrogen (secondary N) is 1. The summed E-state index contributed by atoms with van der Waals surface area (Å²) in [6.07, 6.45) is 7.32. The van der Waals surface area contributed by atoms with Crippen LogP contribution in [0.3, 0.4) is 0 Å². The molecular formula is C15H27NO2S. The highest BCUT2D eigenvalue weighted by Crippen LogP contribution is 2.43. The van der Waals surface area contributed by atoms with Gasteiger partial charge in [0, 0.05) is 11.0 Å². The fraction of sp³-hybridized carbons (Fsp3) is 0.933. The first-order valence-electron chi connectivity index (χ1n) is 7.68. The molecule has 2 N–H and O–H groups in total. The number of likely N-dealkylation sites (N-methyl/N-ethyl adjacent to an activating group) is 1. The maximum atomic E-state index is 11.8. The molecule has 0 bridgehead atoms. The van der Waals surface area contributed by atoms with Gasteiger partial charge >= 0.3 is 5.97 Å². The van der Waals surface area contributed by atoms with Crippen LogP contribution in [0.5, 0.6) is 0 Å². The van der Waals surface area contributed by atoms with E-state index < -0.39 is 11.5 Å². The van der Waals surface area contributed by atoms with Crippen LogP contribution >= 0.6 is 11.8 Å². The highest BCUT2D eigenvalue weighted by molar-refractivity contribution is 8.00. The van der Waals surface area contributed by atoms with Gasteiger partial charge in [-0.15, -0.1) is 0 Å². The Hall–Kier alpha value is -0.220. The smallest absolute Gasteiger partial charge is 0.325 e. The summed E-state index contributed by atoms with van der Waals surface area (Å²) >= 11 is 1.90. The standard InChI is InChI=1S/C15H27NO2S/c1-3-16-15(14(17)18,12-7-8-12)10-19-13-6-4-5-11(2)9-13/h11-13,16H,3-10H2,1-2H3,(H,17,18). The molecule has 0 aromatic rings. The molecule has 19 heavy (non-hydrogen) atoms. The van der Waals surface area contributed by atoms with Gasteiger partial charge in [0.1, 0.15) is 5.54 Å². The van der Waals surface area contributed by atoms with Crippen molar-refractivity contribution < 1.29 is 9.90 Å². The summed E-state index contributed by atoms with van der Waals surface area (Å²) in [7, 11) is 0. The molecule has 0 heterocycles. The number of carbonyl (C=O) groups is 1. The summed E-state index contributed by atoms with van der Waals surface area (Å²) in [4.78, 5) is 11.8. The van der Waals surface area contributed by atoms with Crippen molar-refractivity contribution in [3.05, 3.63) is 0 Å². The van der Waals surface area contributed by atoms with Gasteiger partial charge in [-0.1, -0.05) is 26.7 Å². The number of hydrogen-bond donors (Lipinski definition) is 2. The Labute approximate surface area is 120 Å². The molecule has 4 heteroatoms. The Balaban J connectivity index is 1.94. The van der Waals surface area contributed by atoms with E-state index in [1.165, 1.54) is 25.7 Å². The van der Waals surface area contributed by atoms with Crippen molar-refractivity contribution in [3.8, 4) is 0 Å². The lowest BCUT2D eigenvalue weighted by atomic mass is 9.90. The summed E-state index contributed by atoms with van der Waals surface area (Å²) in [6, 6.07) is 0. The van der Waals surface area contributed by atoms with Crippen molar-refractivity contribution >= 4 is 17.7 Å². The summed E-state index contributed by atoms with van der Waals surface area (Å²) in [5.41, 5.74) is -0.667. The summed E-state index contributed by atoms with van der Waals surface area (Å²) in [5.74, 6) is 1.25. The number of carboxylic acid groups (broad SMARTS) is 1. The van der Waals surface area contributed by atoms with Gasteiger partial charge in [-0.25, -0.2) is 0 Å². The molecule has 110 valence electrons. The number of carboxylic acids is 1. The molecule has 3 atom stereocenters. The van der Waals surface area contributed by atoms with E-state index in [0.29, 0.717) is 11.2 Å². The molecule has 0 saturated heterocycles. The molecule has 0 aromatic carbocycles. The minimum absolute atomic E-state index is 0.346. The molecule has 3 unspecified atom stereocenters. The molecular weight excluding hydrogens is 258 g/mol. The van der Waals surface area contributed by atoms with Crippen LogP contribution in [0.2, 0.25) is 0 Å². The third kappa shape index (κ3) is 3.66. The zero-order valence-corrected chi connectivity index (χ0v) is 13.0. The topological polar surface area (TPSA) is 49.3 Å². The van der Waals surface area contributed by atoms with Gasteiger partial charge in [0.2, 0.25) is 0 Å². The predicted molar refractivity (Wildman–Crippen MR) is 80.6 cm³/mol. The largest absolute Gasteiger partial charge is 0.480 e. The first kappa shape index (κ1) is 15.2. The molecule has 0 amide bonds. The van der Waals surface area contributed by atoms with Crippen LogP contribution in [0.15, 0.2) is 0 Å². The van der Waals surface area contributed by atoms with E-state index in [0.717, 1.165) is 31.1 Å². The second-order valence-corrected chi connectivity index (χ2v) is 7.57. The molecule has 0 radical (unpaired) electrons. The summed E-state index contributed by atoms with van der Waals surface area (Å²) < 4.78 is 0. The summed E-state index contributed by atoms with van der Waals surface area (Å²) in [6.45, 7) is 5.07. The van der Waals surface area contributed by atoms with E-state index in [1.807, 2.05) is 18.7 Å². The molecule has 0 aromatic heterocycles. The third-order valence-corrected chi connectivity index (χ3v) is 6.10. The SMILES string of the molecule is CCNC(CSC1CCCC(C)C1)(C(=O)O)C1CC1. The van der Waals surface area contributed by atoms with Crippen molar-refractivity contribution in [1.29, 1.82) is 0 Å². The molecule has 0 aliphatic heterocycles. The van der Waals surface area contributed by atoms with Gasteiger partial charge in [0.25, 0.3) is 0 Å². The second kappa shape index (κ2) is 6.49. The highest BCUT2D eigenvalue weighted by atomic mass is 32.2. The van der Waals surface area contributed by atoms with Gasteiger partial charge in [0.15, 0.2) is 0 Å². The van der Waals surface area contributed by atoms with Crippen LogP contribution in [0, 0.1) is 11.8 Å². The van der Waals surface area contributed by atoms with Crippen LogP contribution in [0.4, 0.5) is 0 Å². The lowest BCUT2D eigenvalue weighted by Gasteiger charge is -2.33. The molecule has 2 rings (SSSR count). The minimum atomic E-state index is -0.667. The normalized spacial score (nSPS) is 30.8. The molecule has 2 aliphatic carbocycles. The van der Waals surface area contributed by atoms with Crippen LogP contribution < -0.4 is 5.32 Å². The van der Waals surface area contributed by atoms with Crippen molar-refractivity contribution in [2.45, 2.75) is 63.2 Å². The fourth-order valence-electron chi connectivity index (χ4n) is 3.30. The fourth-order valence-corrected chi connectivity index (χ4v) is 5.05. The van der Waals surface area contributed by atoms with E-state index in [-0.39, 0.29) is 0 Å². The van der Waals surface area contributed by atoms with Crippen LogP contribution in [0.25, 0.3) is 0 Å². The molecule has 2 fully saturated rings. The molecule has 2 aliphatic rings. The summed E-state index contributed by atoms with van der Waals surface area (Å²) in [5, 5.41) is 13.6. The first-order valence-corrected chi connectivity index (χ1v) is 8.73. The number of rotatable bonds is 7. The van der Waals surface area contributed by atoms with Crippen LogP contribution in [0.1, 0.15) is 52.4 Å². The van der Waals surface area contributed by atoms with E-state index in [9.17, 15) is 9.90 Å². The van der Waals surface area contributed by atoms with Crippen molar-refractivity contribution in [2.24, 2.45) is 11.8 Å². The third-order valence-electron chi connectivity index (χ3n) is 4.58. The van der Waals surface area contributed by atoms with Crippen LogP contribution in [-0.2, 0) is 4.79 Å². The Morgan fingerprint density at radius 2 is 2.11 bits per heavy atom. The number of thioether (sulfide) groups is 1. The molecule has 2 saturated carbocycles. The van der Waals surface area contributed by atoms with E-state index in [1.54, 1.807) is 0 Å². The van der Waals surface area contributed by atoms with Gasteiger partial charge in [-0.05, 0) is 44.1 Å². The van der Waals surface area contributed by atoms with Crippen molar-refractivity contribution in [1.82, 2.24) is 5.32 Å². The highest BCUT2D eigenvalue weighted by Gasteiger charge is 2.50. The monoisotopic (exact) mass is 285 g/mol. The Bertz CT molecular complexity index is 319. The van der Waals surface area contributed by atoms with E-state index in [4.69, 9.17) is 0 Å². The molecule has 3 nitrogen and oxygen atoms in total. The Morgan fingerprint density at radius 3 is 2.63 bits per heavy atom. The lowest BCUT2D eigenvalue weighted by molar-refractivity contribution is -0.144. The quantitative estimate of drug-likeness (QED) is 0.754. The maximum Gasteiger partial charge on any atom is 0.325 e. The zero-order chi connectivity index (χ0) is 13.9. The Morgan fingerprint density at radius 1 is 1.37 bits per heavy atom. The minimum Gasteiger partial charge on any atom is -0.480 e. The van der Waals surface area contributed by atoms with Crippen LogP contribution in [-0.4, -0.2) is 34.2 Å². The van der Waals surface area contributed by atoms with E-state index >= 15 is 0 Å². The van der Waals surface area contributed by atoms with Crippen molar-refractivity contribution in [2.75, 3.05) is 12.3 Å². The van der Waals surface area contributed by atoms with Gasteiger partial charge in [-0.2, -0.15) is 11.8 Å². The molecule has 0 spiro atoms. The van der Waals surface area contributed by atoms with Gasteiger partial charge in [-0.3, -0.25) is 4.79 Å². The maximum absolute atomic E-state index is 11.8. The average molecular weight is 285 g/mol.